The van der Waals surface area contributed by atoms with Crippen molar-refractivity contribution in [3.05, 3.63) is 12.7 Å². The highest BCUT2D eigenvalue weighted by molar-refractivity contribution is 5.10. The first kappa shape index (κ1) is 15.1. The van der Waals surface area contributed by atoms with E-state index < -0.39 is 11.4 Å². The lowest BCUT2D eigenvalue weighted by Gasteiger charge is -2.60. The Morgan fingerprint density at radius 1 is 1.14 bits per heavy atom. The summed E-state index contributed by atoms with van der Waals surface area (Å²) in [6, 6.07) is 0. The van der Waals surface area contributed by atoms with Gasteiger partial charge in [0.1, 0.15) is 0 Å². The first-order chi connectivity index (χ1) is 10.5. The molecule has 5 aliphatic rings. The largest absolute Gasteiger partial charge is 0.346 e. The lowest BCUT2D eigenvalue weighted by Crippen LogP contribution is -2.70. The molecule has 1 spiro atoms. The molecule has 4 nitrogen and oxygen atoms in total. The van der Waals surface area contributed by atoms with Crippen molar-refractivity contribution in [2.75, 3.05) is 0 Å². The Morgan fingerprint density at radius 2 is 1.95 bits per heavy atom. The lowest BCUT2D eigenvalue weighted by molar-refractivity contribution is -0.571. The van der Waals surface area contributed by atoms with Gasteiger partial charge in [-0.3, -0.25) is 0 Å². The molecule has 0 unspecified atom stereocenters. The summed E-state index contributed by atoms with van der Waals surface area (Å²) < 4.78 is 12.7. The fraction of sp³-hybridized carbons (Fsp3) is 0.889. The minimum atomic E-state index is -0.670. The summed E-state index contributed by atoms with van der Waals surface area (Å²) in [5.74, 6) is 1.27. The maximum Gasteiger partial charge on any atom is 0.201 e. The van der Waals surface area contributed by atoms with Gasteiger partial charge in [-0.15, -0.1) is 6.58 Å². The fourth-order valence-corrected chi connectivity index (χ4v) is 5.41. The minimum absolute atomic E-state index is 0.165. The van der Waals surface area contributed by atoms with E-state index in [1.165, 1.54) is 6.42 Å². The highest BCUT2D eigenvalue weighted by atomic mass is 17.3. The van der Waals surface area contributed by atoms with Crippen molar-refractivity contribution in [2.24, 2.45) is 23.7 Å². The van der Waals surface area contributed by atoms with E-state index in [1.54, 1.807) is 0 Å². The van der Waals surface area contributed by atoms with Crippen LogP contribution in [0, 0.1) is 23.7 Å². The van der Waals surface area contributed by atoms with Crippen molar-refractivity contribution < 1.29 is 19.2 Å². The van der Waals surface area contributed by atoms with Crippen LogP contribution >= 0.6 is 0 Å². The number of hydrogen-bond donors (Lipinski definition) is 0. The molecule has 4 aliphatic heterocycles. The van der Waals surface area contributed by atoms with Crippen LogP contribution in [-0.4, -0.2) is 23.8 Å². The number of ether oxygens (including phenoxy) is 2. The second-order valence-corrected chi connectivity index (χ2v) is 7.97. The van der Waals surface area contributed by atoms with E-state index >= 15 is 0 Å². The number of rotatable bonds is 2. The molecule has 4 heterocycles. The van der Waals surface area contributed by atoms with Gasteiger partial charge in [0.15, 0.2) is 11.9 Å². The molecule has 0 amide bonds. The standard InChI is InChI=1S/C18H28O4/c1-5-6-15-12(3)14-8-7-11(2)13-9-10-17(4)20-16(19-15)18(13,14)22-21-17/h5,11-16H,1,6-10H2,2-4H3/t11-,12+,13-,14-,15+,16+,17+,18+/m0/s1. The van der Waals surface area contributed by atoms with E-state index in [1.807, 2.05) is 13.0 Å². The minimum Gasteiger partial charge on any atom is -0.346 e. The highest BCUT2D eigenvalue weighted by Crippen LogP contribution is 2.60. The summed E-state index contributed by atoms with van der Waals surface area (Å²) >= 11 is 0. The second kappa shape index (κ2) is 5.04. The van der Waals surface area contributed by atoms with Gasteiger partial charge in [-0.2, -0.15) is 0 Å². The van der Waals surface area contributed by atoms with Gasteiger partial charge in [0, 0.05) is 12.3 Å². The lowest BCUT2D eigenvalue weighted by atomic mass is 9.57. The molecule has 124 valence electrons. The third-order valence-corrected chi connectivity index (χ3v) is 6.69. The van der Waals surface area contributed by atoms with Crippen LogP contribution in [0.3, 0.4) is 0 Å². The molecule has 1 aliphatic carbocycles. The molecule has 0 aromatic carbocycles. The molecule has 4 heteroatoms. The van der Waals surface area contributed by atoms with Crippen molar-refractivity contribution in [1.29, 1.82) is 0 Å². The van der Waals surface area contributed by atoms with Gasteiger partial charge in [0.25, 0.3) is 0 Å². The van der Waals surface area contributed by atoms with Gasteiger partial charge in [0.05, 0.1) is 6.10 Å². The van der Waals surface area contributed by atoms with Crippen molar-refractivity contribution in [3.8, 4) is 0 Å². The van der Waals surface area contributed by atoms with Crippen LogP contribution in [0.4, 0.5) is 0 Å². The second-order valence-electron chi connectivity index (χ2n) is 7.97. The van der Waals surface area contributed by atoms with Crippen LogP contribution < -0.4 is 0 Å². The molecule has 2 bridgehead atoms. The molecule has 8 atom stereocenters. The molecule has 4 saturated heterocycles. The monoisotopic (exact) mass is 308 g/mol. The highest BCUT2D eigenvalue weighted by Gasteiger charge is 2.69. The first-order valence-corrected chi connectivity index (χ1v) is 8.81. The normalized spacial score (nSPS) is 57.0. The zero-order valence-electron chi connectivity index (χ0n) is 13.9. The maximum absolute atomic E-state index is 6.40. The molecule has 0 N–H and O–H groups in total. The molecular weight excluding hydrogens is 280 g/mol. The maximum atomic E-state index is 6.40. The third-order valence-electron chi connectivity index (χ3n) is 6.69. The van der Waals surface area contributed by atoms with Crippen LogP contribution in [0.15, 0.2) is 12.7 Å². The summed E-state index contributed by atoms with van der Waals surface area (Å²) in [5, 5.41) is 0. The van der Waals surface area contributed by atoms with Gasteiger partial charge < -0.3 is 9.47 Å². The van der Waals surface area contributed by atoms with Gasteiger partial charge in [-0.05, 0) is 50.4 Å². The van der Waals surface area contributed by atoms with E-state index in [2.05, 4.69) is 20.4 Å². The van der Waals surface area contributed by atoms with Crippen LogP contribution in [0.1, 0.15) is 52.9 Å². The Kier molecular flexibility index (Phi) is 3.46. The van der Waals surface area contributed by atoms with Crippen LogP contribution in [0.2, 0.25) is 0 Å². The van der Waals surface area contributed by atoms with Gasteiger partial charge in [-0.1, -0.05) is 19.9 Å². The van der Waals surface area contributed by atoms with E-state index in [0.717, 1.165) is 25.7 Å². The Hall–Kier alpha value is -0.420. The molecular formula is C18H28O4. The summed E-state index contributed by atoms with van der Waals surface area (Å²) in [7, 11) is 0. The number of hydrogen-bond acceptors (Lipinski definition) is 4. The van der Waals surface area contributed by atoms with Crippen molar-refractivity contribution >= 4 is 0 Å². The average Bonchev–Trinajstić information content (AvgIpc) is 2.71. The average molecular weight is 308 g/mol. The van der Waals surface area contributed by atoms with Crippen LogP contribution in [-0.2, 0) is 19.2 Å². The van der Waals surface area contributed by atoms with Gasteiger partial charge in [0.2, 0.25) is 5.79 Å². The van der Waals surface area contributed by atoms with E-state index in [-0.39, 0.29) is 12.4 Å². The van der Waals surface area contributed by atoms with E-state index in [9.17, 15) is 0 Å². The molecule has 1 saturated carbocycles. The van der Waals surface area contributed by atoms with Gasteiger partial charge >= 0.3 is 0 Å². The molecule has 0 aromatic rings. The van der Waals surface area contributed by atoms with Gasteiger partial charge in [-0.25, -0.2) is 9.78 Å². The molecule has 5 rings (SSSR count). The van der Waals surface area contributed by atoms with Crippen molar-refractivity contribution in [3.63, 3.8) is 0 Å². The van der Waals surface area contributed by atoms with E-state index in [0.29, 0.717) is 23.7 Å². The van der Waals surface area contributed by atoms with E-state index in [4.69, 9.17) is 19.2 Å². The summed E-state index contributed by atoms with van der Waals surface area (Å²) in [6.07, 6.45) is 7.06. The zero-order chi connectivity index (χ0) is 15.5. The summed E-state index contributed by atoms with van der Waals surface area (Å²) in [5.41, 5.74) is -0.426. The topological polar surface area (TPSA) is 36.9 Å². The Bertz CT molecular complexity index is 466. The fourth-order valence-electron chi connectivity index (χ4n) is 5.41. The van der Waals surface area contributed by atoms with Crippen molar-refractivity contribution in [1.82, 2.24) is 0 Å². The molecule has 22 heavy (non-hydrogen) atoms. The Morgan fingerprint density at radius 3 is 2.73 bits per heavy atom. The SMILES string of the molecule is C=CC[C@H]1O[C@@H]2O[C@@]3(C)CC[C@H]4[C@@H](C)CC[C@@H]([C@H]1C)[C@@]24OO3. The molecule has 5 fully saturated rings. The van der Waals surface area contributed by atoms with Crippen molar-refractivity contribution in [2.45, 2.75) is 76.7 Å². The Labute approximate surface area is 133 Å². The Balaban J connectivity index is 1.77. The van der Waals surface area contributed by atoms with Crippen LogP contribution in [0.5, 0.6) is 0 Å². The summed E-state index contributed by atoms with van der Waals surface area (Å²) in [4.78, 5) is 11.9. The first-order valence-electron chi connectivity index (χ1n) is 8.81. The molecule has 0 radical (unpaired) electrons. The van der Waals surface area contributed by atoms with Crippen LogP contribution in [0.25, 0.3) is 0 Å². The summed E-state index contributed by atoms with van der Waals surface area (Å²) in [6.45, 7) is 10.5. The zero-order valence-corrected chi connectivity index (χ0v) is 13.9. The smallest absolute Gasteiger partial charge is 0.201 e. The predicted octanol–water partition coefficient (Wildman–Crippen LogP) is 3.81. The quantitative estimate of drug-likeness (QED) is 0.574. The molecule has 0 aromatic heterocycles. The predicted molar refractivity (Wildman–Crippen MR) is 81.6 cm³/mol. The third kappa shape index (κ3) is 1.90. The number of fused-ring (bicyclic) bond motifs is 2.